The summed E-state index contributed by atoms with van der Waals surface area (Å²) in [6.45, 7) is 0. The molecule has 4 heteroatoms. The van der Waals surface area contributed by atoms with Crippen molar-refractivity contribution in [3.63, 3.8) is 0 Å². The predicted molar refractivity (Wildman–Crippen MR) is 17.9 cm³/mol. The zero-order valence-corrected chi connectivity index (χ0v) is 2.83. The van der Waals surface area contributed by atoms with Crippen molar-refractivity contribution in [1.29, 1.82) is 0 Å². The van der Waals surface area contributed by atoms with Crippen molar-refractivity contribution < 1.29 is 9.11 Å². The first-order valence-corrected chi connectivity index (χ1v) is 1.10. The Balaban J connectivity index is 0. The smallest absolute Gasteiger partial charge is 0.152 e. The van der Waals surface area contributed by atoms with Gasteiger partial charge in [-0.25, -0.2) is 0 Å². The lowest BCUT2D eigenvalue weighted by atomic mass is 14.0. The van der Waals surface area contributed by atoms with E-state index >= 15 is 0 Å². The molecule has 5 N–H and O–H groups in total. The van der Waals surface area contributed by atoms with Crippen molar-refractivity contribution in [3.8, 4) is 0 Å². The van der Waals surface area contributed by atoms with Gasteiger partial charge in [-0.05, 0) is 0 Å². The van der Waals surface area contributed by atoms with Gasteiger partial charge in [-0.1, -0.05) is 0 Å². The Morgan fingerprint density at radius 2 is 1.25 bits per heavy atom. The molecule has 0 saturated heterocycles. The van der Waals surface area contributed by atoms with Gasteiger partial charge in [-0.2, -0.15) is 0 Å². The summed E-state index contributed by atoms with van der Waals surface area (Å²) in [4.78, 5) is 0. The van der Waals surface area contributed by atoms with E-state index in [-0.39, 0.29) is 18.5 Å². The first kappa shape index (κ1) is 8.87. The first-order chi connectivity index (χ1) is 1.41. The van der Waals surface area contributed by atoms with Crippen LogP contribution in [0.25, 0.3) is 0 Å². The number of hydrogen-bond donors (Lipinski definition) is 3. The summed E-state index contributed by atoms with van der Waals surface area (Å²) in [5.74, 6) is 0. The van der Waals surface area contributed by atoms with E-state index in [1.807, 2.05) is 0 Å². The fraction of sp³-hybridized carbons (Fsp3) is 0. The molecule has 0 aromatic heterocycles. The Labute approximate surface area is 28.6 Å². The van der Waals surface area contributed by atoms with Gasteiger partial charge in [0.05, 0.1) is 0 Å². The van der Waals surface area contributed by atoms with Gasteiger partial charge in [0, 0.05) is 0 Å². The molecule has 0 aromatic carbocycles. The Morgan fingerprint density at radius 3 is 1.25 bits per heavy atom. The molecular weight excluding hydrogens is 78.1 g/mol. The fourth-order valence-corrected chi connectivity index (χ4v) is 0. The Bertz CT molecular complexity index is 6.00. The van der Waals surface area contributed by atoms with E-state index in [0.717, 1.165) is 0 Å². The topological polar surface area (TPSA) is 75.5 Å². The van der Waals surface area contributed by atoms with E-state index in [2.05, 4.69) is 0 Å². The largest absolute Gasteiger partial charge is 0.344 e. The van der Waals surface area contributed by atoms with Crippen molar-refractivity contribution in [2.24, 2.45) is 0 Å². The van der Waals surface area contributed by atoms with Crippen LogP contribution in [0.5, 0.6) is 0 Å². The molecule has 4 heavy (non-hydrogen) atoms. The molecule has 0 unspecified atom stereocenters. The van der Waals surface area contributed by atoms with Gasteiger partial charge in [-0.3, -0.25) is 0 Å². The van der Waals surface area contributed by atoms with E-state index in [9.17, 15) is 0 Å². The third kappa shape index (κ3) is 63.8. The summed E-state index contributed by atoms with van der Waals surface area (Å²) in [5.41, 5.74) is 0. The van der Waals surface area contributed by atoms with Gasteiger partial charge in [0.15, 0.2) is 12.3 Å². The highest BCUT2D eigenvalue weighted by Crippen LogP contribution is 1.67. The molecule has 0 bridgehead atoms. The Morgan fingerprint density at radius 1 is 1.25 bits per heavy atom. The first-order valence-electron chi connectivity index (χ1n) is 0.365. The standard InChI is InChI=1S/H3N.H2O2S/c;1-3-2/h1H3;1-2H. The summed E-state index contributed by atoms with van der Waals surface area (Å²) >= 11 is -0.250. The molecule has 0 fully saturated rings. The molecule has 0 aromatic rings. The molecule has 0 atom stereocenters. The van der Waals surface area contributed by atoms with Gasteiger partial charge in [0.1, 0.15) is 0 Å². The van der Waals surface area contributed by atoms with Gasteiger partial charge in [-0.15, -0.1) is 0 Å². The van der Waals surface area contributed by atoms with Crippen molar-refractivity contribution in [2.45, 2.75) is 0 Å². The molecule has 0 spiro atoms. The second kappa shape index (κ2) is 10.6. The van der Waals surface area contributed by atoms with E-state index in [1.54, 1.807) is 0 Å². The van der Waals surface area contributed by atoms with Gasteiger partial charge >= 0.3 is 0 Å². The quantitative estimate of drug-likeness (QED) is 0.379. The van der Waals surface area contributed by atoms with Crippen LogP contribution in [0.3, 0.4) is 0 Å². The lowest BCUT2D eigenvalue weighted by Gasteiger charge is -1.51. The minimum absolute atomic E-state index is 0. The third-order valence-corrected chi connectivity index (χ3v) is 0. The van der Waals surface area contributed by atoms with Crippen molar-refractivity contribution in [3.05, 3.63) is 0 Å². The molecule has 0 radical (unpaired) electrons. The van der Waals surface area contributed by atoms with Crippen LogP contribution in [0.4, 0.5) is 0 Å². The van der Waals surface area contributed by atoms with Crippen LogP contribution in [-0.4, -0.2) is 9.11 Å². The van der Waals surface area contributed by atoms with Crippen molar-refractivity contribution in [1.82, 2.24) is 6.15 Å². The maximum Gasteiger partial charge on any atom is 0.152 e. The molecule has 0 aliphatic rings. The van der Waals surface area contributed by atoms with E-state index in [4.69, 9.17) is 9.11 Å². The van der Waals surface area contributed by atoms with Crippen LogP contribution in [0.15, 0.2) is 0 Å². The molecule has 0 heterocycles. The average Bonchev–Trinajstić information content (AvgIpc) is 0.918. The molecule has 0 amide bonds. The second-order valence-electron chi connectivity index (χ2n) is 0.0816. The summed E-state index contributed by atoms with van der Waals surface area (Å²) < 4.78 is 14.1. The van der Waals surface area contributed by atoms with E-state index < -0.39 is 0 Å². The fourth-order valence-electron chi connectivity index (χ4n) is 0. The molecule has 3 nitrogen and oxygen atoms in total. The highest BCUT2D eigenvalue weighted by Gasteiger charge is 1.36. The highest BCUT2D eigenvalue weighted by atomic mass is 32.2. The predicted octanol–water partition coefficient (Wildman–Crippen LogP) is 0.828. The average molecular weight is 83.1 g/mol. The normalized spacial score (nSPS) is 4.50. The van der Waals surface area contributed by atoms with Crippen LogP contribution in [0, 0.1) is 0 Å². The summed E-state index contributed by atoms with van der Waals surface area (Å²) in [5, 5.41) is 0. The summed E-state index contributed by atoms with van der Waals surface area (Å²) in [6.07, 6.45) is 0. The van der Waals surface area contributed by atoms with Crippen LogP contribution in [-0.2, 0) is 0 Å². The van der Waals surface area contributed by atoms with Crippen molar-refractivity contribution in [2.75, 3.05) is 0 Å². The van der Waals surface area contributed by atoms with Gasteiger partial charge in [0.25, 0.3) is 0 Å². The molecule has 0 saturated carbocycles. The summed E-state index contributed by atoms with van der Waals surface area (Å²) in [6, 6.07) is 0. The van der Waals surface area contributed by atoms with Crippen molar-refractivity contribution >= 4 is 12.3 Å². The van der Waals surface area contributed by atoms with Crippen LogP contribution in [0.2, 0.25) is 0 Å². The molecule has 0 aliphatic heterocycles. The van der Waals surface area contributed by atoms with Gasteiger partial charge < -0.3 is 15.3 Å². The molecule has 0 aliphatic carbocycles. The van der Waals surface area contributed by atoms with Gasteiger partial charge in [0.2, 0.25) is 0 Å². The molecule has 28 valence electrons. The Hall–Kier alpha value is 0.230. The number of rotatable bonds is 0. The minimum atomic E-state index is -0.250. The van der Waals surface area contributed by atoms with E-state index in [0.29, 0.717) is 0 Å². The Kier molecular flexibility index (Phi) is 23.6. The zero-order valence-electron chi connectivity index (χ0n) is 2.01. The molecule has 0 rings (SSSR count). The maximum atomic E-state index is 7.04. The molecular formula is H5NO2S. The highest BCUT2D eigenvalue weighted by molar-refractivity contribution is 7.87. The minimum Gasteiger partial charge on any atom is -0.344 e. The monoisotopic (exact) mass is 83.0 g/mol. The van der Waals surface area contributed by atoms with Crippen LogP contribution < -0.4 is 6.15 Å². The second-order valence-corrected chi connectivity index (χ2v) is 0.245. The third-order valence-electron chi connectivity index (χ3n) is 0. The summed E-state index contributed by atoms with van der Waals surface area (Å²) in [7, 11) is 0. The van der Waals surface area contributed by atoms with Crippen LogP contribution >= 0.6 is 12.3 Å². The lowest BCUT2D eigenvalue weighted by Crippen LogP contribution is -1.31. The zero-order chi connectivity index (χ0) is 2.71. The number of hydrogen-bond acceptors (Lipinski definition) is 4. The van der Waals surface area contributed by atoms with Crippen LogP contribution in [0.1, 0.15) is 0 Å². The lowest BCUT2D eigenvalue weighted by molar-refractivity contribution is 0.541. The maximum absolute atomic E-state index is 7.04. The van der Waals surface area contributed by atoms with E-state index in [1.165, 1.54) is 0 Å². The SMILES string of the molecule is N.OSO.